The zero-order valence-corrected chi connectivity index (χ0v) is 18.5. The van der Waals surface area contributed by atoms with E-state index >= 15 is 0 Å². The molecule has 1 aromatic heterocycles. The third kappa shape index (κ3) is 4.48. The first kappa shape index (κ1) is 21.4. The Morgan fingerprint density at radius 3 is 2.45 bits per heavy atom. The Morgan fingerprint density at radius 1 is 1.17 bits per heavy atom. The predicted molar refractivity (Wildman–Crippen MR) is 116 cm³/mol. The van der Waals surface area contributed by atoms with E-state index in [9.17, 15) is 9.59 Å². The van der Waals surface area contributed by atoms with Crippen LogP contribution in [0, 0.1) is 5.41 Å². The van der Waals surface area contributed by atoms with Gasteiger partial charge in [0.2, 0.25) is 5.91 Å². The Hall–Kier alpha value is -2.32. The summed E-state index contributed by atoms with van der Waals surface area (Å²) in [6.45, 7) is 8.07. The number of aromatic nitrogens is 2. The third-order valence-electron chi connectivity index (χ3n) is 5.13. The molecule has 0 bridgehead atoms. The first-order chi connectivity index (χ1) is 13.8. The van der Waals surface area contributed by atoms with E-state index in [1.807, 2.05) is 57.4 Å². The van der Waals surface area contributed by atoms with E-state index in [0.717, 1.165) is 30.2 Å². The van der Waals surface area contributed by atoms with Crippen molar-refractivity contribution >= 4 is 23.8 Å². The summed E-state index contributed by atoms with van der Waals surface area (Å²) < 4.78 is 4.34. The number of imidazole rings is 1. The average molecular weight is 416 g/mol. The first-order valence-electron chi connectivity index (χ1n) is 9.72. The number of amides is 2. The normalized spacial score (nSPS) is 15.5. The van der Waals surface area contributed by atoms with E-state index < -0.39 is 11.5 Å². The van der Waals surface area contributed by atoms with Gasteiger partial charge in [0.1, 0.15) is 11.9 Å². The van der Waals surface area contributed by atoms with Gasteiger partial charge in [-0.3, -0.25) is 9.59 Å². The Balaban J connectivity index is 2.01. The highest BCUT2D eigenvalue weighted by Crippen LogP contribution is 2.29. The summed E-state index contributed by atoms with van der Waals surface area (Å²) >= 11 is 1.66. The van der Waals surface area contributed by atoms with Crippen molar-refractivity contribution in [2.75, 3.05) is 19.8 Å². The molecule has 1 aliphatic heterocycles. The van der Waals surface area contributed by atoms with Gasteiger partial charge >= 0.3 is 0 Å². The van der Waals surface area contributed by atoms with Crippen molar-refractivity contribution in [2.45, 2.75) is 39.9 Å². The Labute approximate surface area is 176 Å². The number of benzene rings is 1. The predicted octanol–water partition coefficient (Wildman–Crippen LogP) is 2.53. The van der Waals surface area contributed by atoms with Gasteiger partial charge in [0.15, 0.2) is 5.69 Å². The van der Waals surface area contributed by atoms with Crippen LogP contribution in [0.15, 0.2) is 30.3 Å². The fourth-order valence-electron chi connectivity index (χ4n) is 3.51. The highest BCUT2D eigenvalue weighted by molar-refractivity contribution is 7.96. The Morgan fingerprint density at radius 2 is 1.86 bits per heavy atom. The summed E-state index contributed by atoms with van der Waals surface area (Å²) in [7, 11) is 1.58. The van der Waals surface area contributed by atoms with Gasteiger partial charge in [0.25, 0.3) is 5.91 Å². The van der Waals surface area contributed by atoms with Crippen molar-refractivity contribution in [1.82, 2.24) is 24.5 Å². The first-order valence-corrected chi connectivity index (χ1v) is 10.9. The zero-order valence-electron chi connectivity index (χ0n) is 17.7. The van der Waals surface area contributed by atoms with Gasteiger partial charge in [-0.05, 0) is 11.7 Å². The summed E-state index contributed by atoms with van der Waals surface area (Å²) in [5.41, 5.74) is 1.82. The van der Waals surface area contributed by atoms with Crippen molar-refractivity contribution in [3.05, 3.63) is 41.7 Å². The van der Waals surface area contributed by atoms with Crippen LogP contribution in [-0.4, -0.2) is 51.6 Å². The third-order valence-corrected chi connectivity index (χ3v) is 5.96. The molecule has 8 heteroatoms. The number of fused-ring (bicyclic) bond motifs is 1. The van der Waals surface area contributed by atoms with Crippen LogP contribution in [0.2, 0.25) is 0 Å². The Kier molecular flexibility index (Phi) is 6.33. The molecular formula is C21H29N5O2S. The molecule has 2 aromatic rings. The lowest BCUT2D eigenvalue weighted by Gasteiger charge is -2.30. The second-order valence-corrected chi connectivity index (χ2v) is 9.06. The van der Waals surface area contributed by atoms with E-state index in [1.165, 1.54) is 0 Å². The SMILES string of the molecule is CNC(=O)[C@@H](NC(=O)c1nc(-c2ccccc2)n2c1CN(SC)CC2)C(C)(C)C. The molecule has 1 aliphatic rings. The molecule has 156 valence electrons. The highest BCUT2D eigenvalue weighted by atomic mass is 32.2. The minimum Gasteiger partial charge on any atom is -0.357 e. The quantitative estimate of drug-likeness (QED) is 0.734. The molecule has 0 aliphatic carbocycles. The molecule has 2 N–H and O–H groups in total. The molecule has 0 saturated heterocycles. The van der Waals surface area contributed by atoms with E-state index in [-0.39, 0.29) is 11.8 Å². The van der Waals surface area contributed by atoms with Crippen LogP contribution in [0.25, 0.3) is 11.4 Å². The number of nitrogens with zero attached hydrogens (tertiary/aromatic N) is 3. The lowest BCUT2D eigenvalue weighted by atomic mass is 9.86. The molecule has 0 saturated carbocycles. The van der Waals surface area contributed by atoms with Crippen LogP contribution in [0.1, 0.15) is 37.0 Å². The molecule has 0 radical (unpaired) electrons. The topological polar surface area (TPSA) is 79.3 Å². The minimum atomic E-state index is -0.655. The summed E-state index contributed by atoms with van der Waals surface area (Å²) in [4.78, 5) is 30.4. The van der Waals surface area contributed by atoms with Gasteiger partial charge in [0.05, 0.1) is 12.2 Å². The van der Waals surface area contributed by atoms with Gasteiger partial charge in [-0.25, -0.2) is 9.29 Å². The average Bonchev–Trinajstić information content (AvgIpc) is 3.10. The second kappa shape index (κ2) is 8.59. The second-order valence-electron chi connectivity index (χ2n) is 8.18. The number of rotatable bonds is 5. The number of carbonyl (C=O) groups is 2. The number of hydrogen-bond donors (Lipinski definition) is 2. The zero-order chi connectivity index (χ0) is 21.2. The molecule has 0 fully saturated rings. The molecule has 2 amide bonds. The number of nitrogens with one attached hydrogen (secondary N) is 2. The summed E-state index contributed by atoms with van der Waals surface area (Å²) in [6, 6.07) is 9.24. The largest absolute Gasteiger partial charge is 0.357 e. The van der Waals surface area contributed by atoms with E-state index in [4.69, 9.17) is 4.98 Å². The number of hydrogen-bond acceptors (Lipinski definition) is 5. The van der Waals surface area contributed by atoms with Gasteiger partial charge < -0.3 is 15.2 Å². The Bertz CT molecular complexity index is 888. The molecule has 1 aromatic carbocycles. The maximum Gasteiger partial charge on any atom is 0.272 e. The van der Waals surface area contributed by atoms with Crippen LogP contribution in [0.3, 0.4) is 0 Å². The fourth-order valence-corrected chi connectivity index (χ4v) is 4.03. The van der Waals surface area contributed by atoms with Crippen molar-refractivity contribution < 1.29 is 9.59 Å². The molecule has 1 atom stereocenters. The molecule has 0 unspecified atom stereocenters. The fraction of sp³-hybridized carbons (Fsp3) is 0.476. The van der Waals surface area contributed by atoms with Crippen LogP contribution >= 0.6 is 11.9 Å². The smallest absolute Gasteiger partial charge is 0.272 e. The molecule has 0 spiro atoms. The van der Waals surface area contributed by atoms with Crippen LogP contribution in [0.5, 0.6) is 0 Å². The minimum absolute atomic E-state index is 0.215. The van der Waals surface area contributed by atoms with Gasteiger partial charge in [-0.1, -0.05) is 63.1 Å². The lowest BCUT2D eigenvalue weighted by Crippen LogP contribution is -2.53. The van der Waals surface area contributed by atoms with Gasteiger partial charge in [0, 0.05) is 25.7 Å². The number of carbonyl (C=O) groups excluding carboxylic acids is 2. The van der Waals surface area contributed by atoms with Gasteiger partial charge in [-0.2, -0.15) is 0 Å². The summed E-state index contributed by atoms with van der Waals surface area (Å²) in [6.07, 6.45) is 2.03. The lowest BCUT2D eigenvalue weighted by molar-refractivity contribution is -0.124. The molecule has 29 heavy (non-hydrogen) atoms. The molecule has 3 rings (SSSR count). The van der Waals surface area contributed by atoms with Crippen LogP contribution < -0.4 is 10.6 Å². The van der Waals surface area contributed by atoms with E-state index in [0.29, 0.717) is 12.2 Å². The van der Waals surface area contributed by atoms with Crippen molar-refractivity contribution in [2.24, 2.45) is 5.41 Å². The van der Waals surface area contributed by atoms with Crippen molar-refractivity contribution in [3.8, 4) is 11.4 Å². The maximum atomic E-state index is 13.2. The summed E-state index contributed by atoms with van der Waals surface area (Å²) in [5, 5.41) is 5.57. The van der Waals surface area contributed by atoms with Crippen LogP contribution in [0.4, 0.5) is 0 Å². The standard InChI is InChI=1S/C21H29N5O2S/c1-21(2,3)17(20(28)22-4)24-19(27)16-15-13-25(29-5)11-12-26(15)18(23-16)14-9-7-6-8-10-14/h6-10,17H,11-13H2,1-5H3,(H,22,28)(H,24,27)/t17-/m1/s1. The van der Waals surface area contributed by atoms with Crippen molar-refractivity contribution in [1.29, 1.82) is 0 Å². The van der Waals surface area contributed by atoms with Gasteiger partial charge in [-0.15, -0.1) is 0 Å². The molecule has 2 heterocycles. The molecular weight excluding hydrogens is 386 g/mol. The maximum absolute atomic E-state index is 13.2. The van der Waals surface area contributed by atoms with Crippen molar-refractivity contribution in [3.63, 3.8) is 0 Å². The summed E-state index contributed by atoms with van der Waals surface area (Å²) in [5.74, 6) is 0.258. The monoisotopic (exact) mass is 415 g/mol. The van der Waals surface area contributed by atoms with Crippen LogP contribution in [-0.2, 0) is 17.9 Å². The van der Waals surface area contributed by atoms with E-state index in [2.05, 4.69) is 19.5 Å². The molecule has 7 nitrogen and oxygen atoms in total. The number of likely N-dealkylation sites (N-methyl/N-ethyl adjacent to an activating group) is 1. The highest BCUT2D eigenvalue weighted by Gasteiger charge is 2.35. The van der Waals surface area contributed by atoms with E-state index in [1.54, 1.807) is 19.0 Å².